The van der Waals surface area contributed by atoms with E-state index in [9.17, 15) is 10.1 Å². The number of nitrogens with zero attached hydrogens (tertiary/aromatic N) is 1. The van der Waals surface area contributed by atoms with Gasteiger partial charge < -0.3 is 10.5 Å². The van der Waals surface area contributed by atoms with Crippen molar-refractivity contribution in [2.45, 2.75) is 25.5 Å². The van der Waals surface area contributed by atoms with Gasteiger partial charge in [-0.15, -0.1) is 0 Å². The lowest BCUT2D eigenvalue weighted by molar-refractivity contribution is -0.385. The SMILES string of the molecule is Cc1ccc([N+](=O)[O-])cc1C(N)C1Cc2ccccc2O1. The second-order valence-corrected chi connectivity index (χ2v) is 5.29. The van der Waals surface area contributed by atoms with E-state index < -0.39 is 11.0 Å². The van der Waals surface area contributed by atoms with Crippen LogP contribution in [0.2, 0.25) is 0 Å². The van der Waals surface area contributed by atoms with E-state index in [-0.39, 0.29) is 11.8 Å². The fourth-order valence-corrected chi connectivity index (χ4v) is 2.71. The Morgan fingerprint density at radius 3 is 2.81 bits per heavy atom. The van der Waals surface area contributed by atoms with Crippen LogP contribution in [0.15, 0.2) is 42.5 Å². The van der Waals surface area contributed by atoms with Crippen molar-refractivity contribution in [2.24, 2.45) is 5.73 Å². The van der Waals surface area contributed by atoms with E-state index in [1.54, 1.807) is 12.1 Å². The van der Waals surface area contributed by atoms with Gasteiger partial charge in [-0.05, 0) is 29.7 Å². The first-order valence-electron chi connectivity index (χ1n) is 6.81. The number of hydrogen-bond acceptors (Lipinski definition) is 4. The largest absolute Gasteiger partial charge is 0.488 e. The Morgan fingerprint density at radius 2 is 2.10 bits per heavy atom. The van der Waals surface area contributed by atoms with E-state index >= 15 is 0 Å². The summed E-state index contributed by atoms with van der Waals surface area (Å²) in [5.74, 6) is 0.848. The van der Waals surface area contributed by atoms with Gasteiger partial charge in [0.2, 0.25) is 0 Å². The van der Waals surface area contributed by atoms with Crippen LogP contribution in [0.3, 0.4) is 0 Å². The molecule has 5 heteroatoms. The first-order chi connectivity index (χ1) is 10.1. The molecule has 0 saturated heterocycles. The average Bonchev–Trinajstić information content (AvgIpc) is 2.90. The van der Waals surface area contributed by atoms with E-state index in [0.717, 1.165) is 28.9 Å². The Morgan fingerprint density at radius 1 is 1.33 bits per heavy atom. The molecule has 1 aliphatic heterocycles. The van der Waals surface area contributed by atoms with Gasteiger partial charge in [-0.25, -0.2) is 0 Å². The Bertz CT molecular complexity index is 675. The fourth-order valence-electron chi connectivity index (χ4n) is 2.71. The van der Waals surface area contributed by atoms with Crippen molar-refractivity contribution < 1.29 is 9.66 Å². The second kappa shape index (κ2) is 5.18. The van der Waals surface area contributed by atoms with Gasteiger partial charge in [-0.3, -0.25) is 10.1 Å². The Labute approximate surface area is 122 Å². The number of nitro benzene ring substituents is 1. The summed E-state index contributed by atoms with van der Waals surface area (Å²) in [5, 5.41) is 10.9. The molecule has 1 heterocycles. The summed E-state index contributed by atoms with van der Waals surface area (Å²) in [4.78, 5) is 10.5. The summed E-state index contributed by atoms with van der Waals surface area (Å²) in [6, 6.07) is 12.2. The van der Waals surface area contributed by atoms with E-state index in [2.05, 4.69) is 0 Å². The van der Waals surface area contributed by atoms with Crippen molar-refractivity contribution in [3.8, 4) is 5.75 Å². The second-order valence-electron chi connectivity index (χ2n) is 5.29. The third-order valence-electron chi connectivity index (χ3n) is 3.91. The summed E-state index contributed by atoms with van der Waals surface area (Å²) in [7, 11) is 0. The lowest BCUT2D eigenvalue weighted by Crippen LogP contribution is -2.30. The lowest BCUT2D eigenvalue weighted by Gasteiger charge is -2.21. The monoisotopic (exact) mass is 284 g/mol. The van der Waals surface area contributed by atoms with E-state index in [1.807, 2.05) is 31.2 Å². The zero-order valence-electron chi connectivity index (χ0n) is 11.7. The van der Waals surface area contributed by atoms with Crippen LogP contribution < -0.4 is 10.5 Å². The van der Waals surface area contributed by atoms with Crippen LogP contribution in [0, 0.1) is 17.0 Å². The van der Waals surface area contributed by atoms with Crippen molar-refractivity contribution in [3.05, 3.63) is 69.3 Å². The van der Waals surface area contributed by atoms with E-state index in [1.165, 1.54) is 6.07 Å². The number of benzene rings is 2. The van der Waals surface area contributed by atoms with Gasteiger partial charge in [0.05, 0.1) is 11.0 Å². The molecule has 0 amide bonds. The Kier molecular flexibility index (Phi) is 3.35. The number of nitro groups is 1. The number of para-hydroxylation sites is 1. The number of fused-ring (bicyclic) bond motifs is 1. The molecule has 0 saturated carbocycles. The van der Waals surface area contributed by atoms with E-state index in [4.69, 9.17) is 10.5 Å². The molecule has 21 heavy (non-hydrogen) atoms. The zero-order valence-corrected chi connectivity index (χ0v) is 11.7. The van der Waals surface area contributed by atoms with Crippen molar-refractivity contribution in [1.29, 1.82) is 0 Å². The van der Waals surface area contributed by atoms with Gasteiger partial charge in [0.1, 0.15) is 11.9 Å². The number of nitrogens with two attached hydrogens (primary N) is 1. The molecule has 0 aromatic heterocycles. The van der Waals surface area contributed by atoms with Crippen LogP contribution in [0.4, 0.5) is 5.69 Å². The summed E-state index contributed by atoms with van der Waals surface area (Å²) in [6.45, 7) is 1.90. The highest BCUT2D eigenvalue weighted by Crippen LogP contribution is 2.34. The molecule has 5 nitrogen and oxygen atoms in total. The molecular weight excluding hydrogens is 268 g/mol. The predicted molar refractivity (Wildman–Crippen MR) is 79.3 cm³/mol. The van der Waals surface area contributed by atoms with Crippen molar-refractivity contribution >= 4 is 5.69 Å². The maximum atomic E-state index is 10.9. The Balaban J connectivity index is 1.88. The average molecular weight is 284 g/mol. The molecule has 0 spiro atoms. The first kappa shape index (κ1) is 13.6. The highest BCUT2D eigenvalue weighted by molar-refractivity contribution is 5.43. The molecule has 0 bridgehead atoms. The highest BCUT2D eigenvalue weighted by Gasteiger charge is 2.30. The molecule has 0 radical (unpaired) electrons. The standard InChI is InChI=1S/C16H16N2O3/c1-10-6-7-12(18(19)20)9-13(10)16(17)15-8-11-4-2-3-5-14(11)21-15/h2-7,9,15-16H,8,17H2,1H3. The molecule has 108 valence electrons. The number of ether oxygens (including phenoxy) is 1. The molecule has 1 aliphatic rings. The minimum Gasteiger partial charge on any atom is -0.488 e. The van der Waals surface area contributed by atoms with Crippen molar-refractivity contribution in [2.75, 3.05) is 0 Å². The number of aryl methyl sites for hydroxylation is 1. The van der Waals surface area contributed by atoms with Crippen LogP contribution in [-0.2, 0) is 6.42 Å². The van der Waals surface area contributed by atoms with Gasteiger partial charge in [0, 0.05) is 18.6 Å². The molecule has 2 aromatic carbocycles. The van der Waals surface area contributed by atoms with Crippen LogP contribution in [0.25, 0.3) is 0 Å². The van der Waals surface area contributed by atoms with Gasteiger partial charge >= 0.3 is 0 Å². The predicted octanol–water partition coefficient (Wildman–Crippen LogP) is 2.91. The van der Waals surface area contributed by atoms with Crippen LogP contribution in [-0.4, -0.2) is 11.0 Å². The summed E-state index contributed by atoms with van der Waals surface area (Å²) < 4.78 is 5.88. The summed E-state index contributed by atoms with van der Waals surface area (Å²) in [5.41, 5.74) is 9.19. The maximum absolute atomic E-state index is 10.9. The van der Waals surface area contributed by atoms with Crippen LogP contribution in [0.5, 0.6) is 5.75 Å². The summed E-state index contributed by atoms with van der Waals surface area (Å²) >= 11 is 0. The maximum Gasteiger partial charge on any atom is 0.269 e. The van der Waals surface area contributed by atoms with Gasteiger partial charge in [-0.2, -0.15) is 0 Å². The minimum atomic E-state index is -0.403. The molecule has 2 atom stereocenters. The minimum absolute atomic E-state index is 0.0570. The summed E-state index contributed by atoms with van der Waals surface area (Å²) in [6.07, 6.45) is 0.530. The van der Waals surface area contributed by atoms with Crippen molar-refractivity contribution in [1.82, 2.24) is 0 Å². The normalized spacial score (nSPS) is 17.9. The molecule has 2 aromatic rings. The molecule has 0 fully saturated rings. The van der Waals surface area contributed by atoms with Crippen LogP contribution >= 0.6 is 0 Å². The highest BCUT2D eigenvalue weighted by atomic mass is 16.6. The van der Waals surface area contributed by atoms with Gasteiger partial charge in [0.25, 0.3) is 5.69 Å². The Hall–Kier alpha value is -2.40. The van der Waals surface area contributed by atoms with Gasteiger partial charge in [0.15, 0.2) is 0 Å². The fraction of sp³-hybridized carbons (Fsp3) is 0.250. The smallest absolute Gasteiger partial charge is 0.269 e. The third kappa shape index (κ3) is 2.48. The molecule has 3 rings (SSSR count). The number of rotatable bonds is 3. The topological polar surface area (TPSA) is 78.4 Å². The molecule has 2 N–H and O–H groups in total. The molecular formula is C16H16N2O3. The van der Waals surface area contributed by atoms with Crippen molar-refractivity contribution in [3.63, 3.8) is 0 Å². The van der Waals surface area contributed by atoms with Crippen LogP contribution in [0.1, 0.15) is 22.7 Å². The zero-order chi connectivity index (χ0) is 15.0. The number of non-ortho nitro benzene ring substituents is 1. The molecule has 0 aliphatic carbocycles. The third-order valence-corrected chi connectivity index (χ3v) is 3.91. The quantitative estimate of drug-likeness (QED) is 0.694. The van der Waals surface area contributed by atoms with Gasteiger partial charge in [-0.1, -0.05) is 24.3 Å². The number of hydrogen-bond donors (Lipinski definition) is 1. The van der Waals surface area contributed by atoms with E-state index in [0.29, 0.717) is 0 Å². The lowest BCUT2D eigenvalue weighted by atomic mass is 9.94. The molecule has 2 unspecified atom stereocenters. The first-order valence-corrected chi connectivity index (χ1v) is 6.81.